The summed E-state index contributed by atoms with van der Waals surface area (Å²) in [7, 11) is 0. The highest BCUT2D eigenvalue weighted by atomic mass is 32.1. The van der Waals surface area contributed by atoms with E-state index in [1.54, 1.807) is 48.5 Å². The summed E-state index contributed by atoms with van der Waals surface area (Å²) in [5.41, 5.74) is 2.59. The molecule has 0 radical (unpaired) electrons. The van der Waals surface area contributed by atoms with Crippen LogP contribution in [0.4, 0.5) is 5.69 Å². The van der Waals surface area contributed by atoms with Crippen molar-refractivity contribution in [2.75, 3.05) is 25.1 Å². The minimum absolute atomic E-state index is 0.0510. The van der Waals surface area contributed by atoms with E-state index >= 15 is 0 Å². The molecule has 1 fully saturated rings. The second-order valence-corrected chi connectivity index (χ2v) is 8.82. The molecule has 1 saturated heterocycles. The van der Waals surface area contributed by atoms with Crippen LogP contribution in [0.25, 0.3) is 0 Å². The fourth-order valence-corrected chi connectivity index (χ4v) is 4.06. The lowest BCUT2D eigenvalue weighted by atomic mass is 10.1. The smallest absolute Gasteiger partial charge is 0.257 e. The summed E-state index contributed by atoms with van der Waals surface area (Å²) in [6.07, 6.45) is 2.81. The van der Waals surface area contributed by atoms with Crippen molar-refractivity contribution < 1.29 is 19.1 Å². The molecule has 1 aliphatic rings. The number of nitrogens with one attached hydrogen (secondary N) is 3. The molecule has 3 aromatic rings. The molecule has 0 bridgehead atoms. The number of hydrogen-bond donors (Lipinski definition) is 3. The Morgan fingerprint density at radius 2 is 1.69 bits per heavy atom. The molecule has 8 heteroatoms. The van der Waals surface area contributed by atoms with Gasteiger partial charge in [0.05, 0.1) is 24.0 Å². The minimum atomic E-state index is -0.358. The van der Waals surface area contributed by atoms with Crippen molar-refractivity contribution in [3.63, 3.8) is 0 Å². The van der Waals surface area contributed by atoms with E-state index in [-0.39, 0.29) is 23.0 Å². The van der Waals surface area contributed by atoms with Crippen LogP contribution in [-0.4, -0.2) is 42.8 Å². The first-order valence-electron chi connectivity index (χ1n) is 12.0. The van der Waals surface area contributed by atoms with Gasteiger partial charge in [0.25, 0.3) is 11.8 Å². The van der Waals surface area contributed by atoms with Crippen LogP contribution in [0.15, 0.2) is 78.9 Å². The van der Waals surface area contributed by atoms with Crippen LogP contribution in [-0.2, 0) is 11.2 Å². The molecule has 1 heterocycles. The van der Waals surface area contributed by atoms with Gasteiger partial charge in [0.2, 0.25) is 0 Å². The first kappa shape index (κ1) is 25.3. The summed E-state index contributed by atoms with van der Waals surface area (Å²) in [5.74, 6) is 0.0976. The average Bonchev–Trinajstić information content (AvgIpc) is 3.42. The van der Waals surface area contributed by atoms with Crippen LogP contribution in [0.2, 0.25) is 0 Å². The van der Waals surface area contributed by atoms with Crippen molar-refractivity contribution in [1.82, 2.24) is 10.6 Å². The highest BCUT2D eigenvalue weighted by molar-refractivity contribution is 7.80. The Labute approximate surface area is 216 Å². The molecular weight excluding hydrogens is 474 g/mol. The van der Waals surface area contributed by atoms with E-state index in [4.69, 9.17) is 21.7 Å². The maximum atomic E-state index is 12.7. The van der Waals surface area contributed by atoms with Gasteiger partial charge in [-0.3, -0.25) is 14.9 Å². The summed E-state index contributed by atoms with van der Waals surface area (Å²) in [4.78, 5) is 25.3. The van der Waals surface area contributed by atoms with Crippen molar-refractivity contribution in [2.45, 2.75) is 25.4 Å². The molecule has 1 atom stereocenters. The van der Waals surface area contributed by atoms with Gasteiger partial charge in [-0.2, -0.15) is 0 Å². The Morgan fingerprint density at radius 1 is 0.944 bits per heavy atom. The Hall–Kier alpha value is -3.75. The van der Waals surface area contributed by atoms with Gasteiger partial charge in [0.1, 0.15) is 5.75 Å². The van der Waals surface area contributed by atoms with E-state index in [0.29, 0.717) is 35.7 Å². The number of rotatable bonds is 9. The maximum Gasteiger partial charge on any atom is 0.257 e. The minimum Gasteiger partial charge on any atom is -0.493 e. The molecule has 1 unspecified atom stereocenters. The highest BCUT2D eigenvalue weighted by Gasteiger charge is 2.18. The van der Waals surface area contributed by atoms with Crippen LogP contribution < -0.4 is 20.7 Å². The molecule has 0 aliphatic carbocycles. The number of carbonyl (C=O) groups excluding carboxylic acids is 2. The zero-order valence-corrected chi connectivity index (χ0v) is 20.7. The predicted octanol–water partition coefficient (Wildman–Crippen LogP) is 4.34. The van der Waals surface area contributed by atoms with Gasteiger partial charge in [-0.25, -0.2) is 0 Å². The Balaban J connectivity index is 1.26. The summed E-state index contributed by atoms with van der Waals surface area (Å²) in [6, 6.07) is 24.0. The van der Waals surface area contributed by atoms with Gasteiger partial charge in [0.15, 0.2) is 5.11 Å². The summed E-state index contributed by atoms with van der Waals surface area (Å²) >= 11 is 5.32. The third-order valence-corrected chi connectivity index (χ3v) is 5.98. The Bertz CT molecular complexity index is 1180. The van der Waals surface area contributed by atoms with Crippen LogP contribution in [0.3, 0.4) is 0 Å². The van der Waals surface area contributed by atoms with Crippen LogP contribution in [0, 0.1) is 0 Å². The second-order valence-electron chi connectivity index (χ2n) is 8.41. The Morgan fingerprint density at radius 3 is 2.44 bits per heavy atom. The zero-order chi connectivity index (χ0) is 25.2. The van der Waals surface area contributed by atoms with Gasteiger partial charge in [-0.05, 0) is 67.0 Å². The molecule has 3 N–H and O–H groups in total. The van der Waals surface area contributed by atoms with Crippen molar-refractivity contribution in [3.05, 3.63) is 95.6 Å². The fraction of sp³-hybridized carbons (Fsp3) is 0.250. The maximum absolute atomic E-state index is 12.7. The van der Waals surface area contributed by atoms with Gasteiger partial charge >= 0.3 is 0 Å². The number of carbonyl (C=O) groups is 2. The molecule has 0 spiro atoms. The molecule has 0 saturated carbocycles. The number of hydrogen-bond acceptors (Lipinski definition) is 5. The van der Waals surface area contributed by atoms with E-state index in [0.717, 1.165) is 25.9 Å². The van der Waals surface area contributed by atoms with Crippen LogP contribution in [0.5, 0.6) is 5.75 Å². The zero-order valence-electron chi connectivity index (χ0n) is 19.9. The molecule has 7 nitrogen and oxygen atoms in total. The third kappa shape index (κ3) is 7.37. The molecule has 0 aromatic heterocycles. The van der Waals surface area contributed by atoms with Crippen molar-refractivity contribution in [3.8, 4) is 5.75 Å². The molecule has 186 valence electrons. The molecule has 1 aliphatic heterocycles. The van der Waals surface area contributed by atoms with E-state index in [9.17, 15) is 9.59 Å². The number of ether oxygens (including phenoxy) is 2. The van der Waals surface area contributed by atoms with Gasteiger partial charge in [-0.15, -0.1) is 0 Å². The normalized spacial score (nSPS) is 14.6. The van der Waals surface area contributed by atoms with Gasteiger partial charge in [-0.1, -0.05) is 42.5 Å². The average molecular weight is 504 g/mol. The second kappa shape index (κ2) is 12.8. The lowest BCUT2D eigenvalue weighted by Crippen LogP contribution is -2.35. The van der Waals surface area contributed by atoms with E-state index in [1.165, 1.54) is 5.56 Å². The quantitative estimate of drug-likeness (QED) is 0.377. The van der Waals surface area contributed by atoms with E-state index in [1.807, 2.05) is 18.2 Å². The standard InChI is InChI=1S/C28H29N3O4S/c32-26(21-12-14-22(15-13-21)35-18-16-20-7-2-1-3-8-20)31-28(36)30-25-11-5-4-10-24(25)27(33)29-19-23-9-6-17-34-23/h1-5,7-8,10-15,23H,6,9,16-19H2,(H,29,33)(H2,30,31,32,36). The SMILES string of the molecule is O=C(NC(=S)Nc1ccccc1C(=O)NCC1CCCO1)c1ccc(OCCc2ccccc2)cc1. The monoisotopic (exact) mass is 503 g/mol. The molecule has 36 heavy (non-hydrogen) atoms. The molecule has 3 aromatic carbocycles. The largest absolute Gasteiger partial charge is 0.493 e. The summed E-state index contributed by atoms with van der Waals surface area (Å²) in [6.45, 7) is 1.74. The number of para-hydroxylation sites is 1. The molecular formula is C28H29N3O4S. The van der Waals surface area contributed by atoms with E-state index < -0.39 is 0 Å². The summed E-state index contributed by atoms with van der Waals surface area (Å²) in [5, 5.41) is 8.62. The third-order valence-electron chi connectivity index (χ3n) is 5.78. The molecule has 4 rings (SSSR count). The highest BCUT2D eigenvalue weighted by Crippen LogP contribution is 2.17. The topological polar surface area (TPSA) is 88.7 Å². The summed E-state index contributed by atoms with van der Waals surface area (Å²) < 4.78 is 11.3. The lowest BCUT2D eigenvalue weighted by molar-refractivity contribution is 0.0858. The van der Waals surface area contributed by atoms with Crippen molar-refractivity contribution >= 4 is 34.8 Å². The van der Waals surface area contributed by atoms with E-state index in [2.05, 4.69) is 28.1 Å². The van der Waals surface area contributed by atoms with Gasteiger partial charge in [0, 0.05) is 25.1 Å². The number of anilines is 1. The van der Waals surface area contributed by atoms with Crippen LogP contribution >= 0.6 is 12.2 Å². The fourth-order valence-electron chi connectivity index (χ4n) is 3.86. The first-order valence-corrected chi connectivity index (χ1v) is 12.4. The first-order chi connectivity index (χ1) is 17.6. The lowest BCUT2D eigenvalue weighted by Gasteiger charge is -2.15. The number of benzene rings is 3. The van der Waals surface area contributed by atoms with Crippen molar-refractivity contribution in [1.29, 1.82) is 0 Å². The Kier molecular flexibility index (Phi) is 9.02. The number of amides is 2. The van der Waals surface area contributed by atoms with Crippen molar-refractivity contribution in [2.24, 2.45) is 0 Å². The number of thiocarbonyl (C=S) groups is 1. The predicted molar refractivity (Wildman–Crippen MR) is 144 cm³/mol. The molecule has 2 amide bonds. The van der Waals surface area contributed by atoms with Crippen LogP contribution in [0.1, 0.15) is 39.1 Å². The van der Waals surface area contributed by atoms with Gasteiger partial charge < -0.3 is 20.1 Å².